The van der Waals surface area contributed by atoms with E-state index in [2.05, 4.69) is 26.5 Å². The maximum Gasteiger partial charge on any atom is 0 e. The van der Waals surface area contributed by atoms with Crippen molar-refractivity contribution in [1.29, 1.82) is 0 Å². The van der Waals surface area contributed by atoms with E-state index in [1.165, 1.54) is 6.08 Å². The van der Waals surface area contributed by atoms with Crippen LogP contribution in [0.1, 0.15) is 6.92 Å². The van der Waals surface area contributed by atoms with Crippen LogP contribution < -0.4 is 0 Å². The van der Waals surface area contributed by atoms with Crippen molar-refractivity contribution in [3.8, 4) is 0 Å². The van der Waals surface area contributed by atoms with Crippen LogP contribution in [0.15, 0.2) is 37.0 Å². The molecule has 2 atom stereocenters. The van der Waals surface area contributed by atoms with Gasteiger partial charge in [0.1, 0.15) is 6.29 Å². The molecule has 0 aromatic carbocycles. The molecule has 0 aliphatic carbocycles. The van der Waals surface area contributed by atoms with Crippen LogP contribution in [0, 0.1) is 25.9 Å². The first kappa shape index (κ1) is 30.5. The van der Waals surface area contributed by atoms with Gasteiger partial charge in [0.25, 0.3) is 0 Å². The zero-order valence-corrected chi connectivity index (χ0v) is 11.4. The van der Waals surface area contributed by atoms with E-state index in [4.69, 9.17) is 14.0 Å². The van der Waals surface area contributed by atoms with E-state index in [1.54, 1.807) is 24.3 Å². The monoisotopic (exact) mass is 306 g/mol. The number of rotatable bonds is 5. The first-order valence-electron chi connectivity index (χ1n) is 4.43. The standard InChI is InChI=1S/C10H14O2.3CO.Fe/c1-3-9(2)10(12)7-5-4-6-8-11;3*1-2;/h3-10,12H,1H2,2H3;;;;/b6-4+,7-5+;;;;/t9-,10+;;;;/m1..../s1. The van der Waals surface area contributed by atoms with Crippen molar-refractivity contribution in [3.05, 3.63) is 56.9 Å². The molecule has 0 aliphatic rings. The van der Waals surface area contributed by atoms with Crippen LogP contribution in [-0.4, -0.2) is 17.5 Å². The number of aldehydes is 1. The predicted octanol–water partition coefficient (Wildman–Crippen LogP) is 1.37. The maximum absolute atomic E-state index is 9.84. The number of allylic oxidation sites excluding steroid dienone is 3. The molecular weight excluding hydrogens is 292 g/mol. The van der Waals surface area contributed by atoms with Gasteiger partial charge in [-0.1, -0.05) is 31.2 Å². The molecule has 19 heavy (non-hydrogen) atoms. The minimum absolute atomic E-state index is 0. The van der Waals surface area contributed by atoms with Gasteiger partial charge in [0, 0.05) is 23.0 Å². The molecule has 0 fully saturated rings. The Bertz CT molecular complexity index is 288. The molecule has 0 unspecified atom stereocenters. The molecule has 0 amide bonds. The van der Waals surface area contributed by atoms with Crippen LogP contribution in [0.3, 0.4) is 0 Å². The number of hydrogen-bond acceptors (Lipinski definition) is 2. The molecule has 5 nitrogen and oxygen atoms in total. The van der Waals surface area contributed by atoms with Crippen molar-refractivity contribution < 1.29 is 40.9 Å². The van der Waals surface area contributed by atoms with Gasteiger partial charge in [0.05, 0.1) is 6.10 Å². The third-order valence-corrected chi connectivity index (χ3v) is 1.52. The van der Waals surface area contributed by atoms with E-state index in [9.17, 15) is 9.90 Å². The molecule has 0 aliphatic heterocycles. The molecule has 6 heteroatoms. The number of carbonyl (C=O) groups excluding carboxylic acids is 1. The van der Waals surface area contributed by atoms with Crippen molar-refractivity contribution in [2.45, 2.75) is 13.0 Å². The number of carbonyl (C=O) groups is 1. The summed E-state index contributed by atoms with van der Waals surface area (Å²) in [7, 11) is 0. The summed E-state index contributed by atoms with van der Waals surface area (Å²) in [6, 6.07) is 0. The molecule has 0 radical (unpaired) electrons. The summed E-state index contributed by atoms with van der Waals surface area (Å²) in [6.45, 7) is 18.9. The Morgan fingerprint density at radius 3 is 1.79 bits per heavy atom. The van der Waals surface area contributed by atoms with Crippen LogP contribution in [0.25, 0.3) is 0 Å². The average Bonchev–Trinajstić information content (AvgIpc) is 2.48. The second-order valence-corrected chi connectivity index (χ2v) is 2.49. The first-order chi connectivity index (χ1) is 8.72. The maximum atomic E-state index is 9.84. The fraction of sp³-hybridized carbons (Fsp3) is 0.231. The fourth-order valence-electron chi connectivity index (χ4n) is 0.602. The fourth-order valence-corrected chi connectivity index (χ4v) is 0.602. The number of aliphatic hydroxyl groups is 1. The molecule has 1 N–H and O–H groups in total. The molecule has 0 aromatic heterocycles. The van der Waals surface area contributed by atoms with Crippen LogP contribution in [0.2, 0.25) is 0 Å². The van der Waals surface area contributed by atoms with Crippen molar-refractivity contribution in [1.82, 2.24) is 0 Å². The van der Waals surface area contributed by atoms with E-state index < -0.39 is 6.10 Å². The largest absolute Gasteiger partial charge is 0 e. The summed E-state index contributed by atoms with van der Waals surface area (Å²) < 4.78 is 22.5. The molecule has 0 spiro atoms. The Morgan fingerprint density at radius 1 is 1.05 bits per heavy atom. The number of hydrogen-bond donors (Lipinski definition) is 1. The zero-order valence-electron chi connectivity index (χ0n) is 10.3. The van der Waals surface area contributed by atoms with E-state index in [-0.39, 0.29) is 23.0 Å². The third-order valence-electron chi connectivity index (χ3n) is 1.52. The minimum Gasteiger partial charge on any atom is 0 e. The molecular formula is C13H14FeO5. The van der Waals surface area contributed by atoms with Crippen LogP contribution in [0.4, 0.5) is 0 Å². The Kier molecular flexibility index (Phi) is 57.8. The molecule has 104 valence electrons. The van der Waals surface area contributed by atoms with Crippen LogP contribution >= 0.6 is 0 Å². The van der Waals surface area contributed by atoms with Gasteiger partial charge < -0.3 is 5.11 Å². The summed E-state index contributed by atoms with van der Waals surface area (Å²) in [5.41, 5.74) is 0. The van der Waals surface area contributed by atoms with E-state index >= 15 is 0 Å². The van der Waals surface area contributed by atoms with Gasteiger partial charge in [-0.15, -0.1) is 6.58 Å². The Balaban J connectivity index is -0.0000000816. The molecule has 0 rings (SSSR count). The predicted molar refractivity (Wildman–Crippen MR) is 61.5 cm³/mol. The van der Waals surface area contributed by atoms with E-state index in [0.717, 1.165) is 0 Å². The molecule has 0 saturated carbocycles. The Labute approximate surface area is 123 Å². The third kappa shape index (κ3) is 31.5. The van der Waals surface area contributed by atoms with Gasteiger partial charge in [-0.05, 0) is 6.08 Å². The van der Waals surface area contributed by atoms with Gasteiger partial charge in [0.2, 0.25) is 0 Å². The molecule has 0 saturated heterocycles. The van der Waals surface area contributed by atoms with Crippen LogP contribution in [-0.2, 0) is 35.8 Å². The summed E-state index contributed by atoms with van der Waals surface area (Å²) in [5.74, 6) is 0.0332. The second kappa shape index (κ2) is 36.0. The smallest absolute Gasteiger partial charge is 0 e. The number of aliphatic hydroxyl groups excluding tert-OH is 1. The zero-order chi connectivity index (χ0) is 15.4. The quantitative estimate of drug-likeness (QED) is 0.158. The average molecular weight is 306 g/mol. The summed E-state index contributed by atoms with van der Waals surface area (Å²) in [5, 5.41) is 9.34. The van der Waals surface area contributed by atoms with E-state index in [1.807, 2.05) is 6.92 Å². The normalized spacial score (nSPS) is 10.7. The summed E-state index contributed by atoms with van der Waals surface area (Å²) in [6.07, 6.45) is 8.03. The van der Waals surface area contributed by atoms with Gasteiger partial charge in [-0.25, -0.2) is 0 Å². The summed E-state index contributed by atoms with van der Waals surface area (Å²) in [4.78, 5) is 9.84. The van der Waals surface area contributed by atoms with E-state index in [0.29, 0.717) is 6.29 Å². The summed E-state index contributed by atoms with van der Waals surface area (Å²) >= 11 is 0. The van der Waals surface area contributed by atoms with Crippen molar-refractivity contribution in [3.63, 3.8) is 0 Å². The topological polar surface area (TPSA) is 97.0 Å². The Hall–Kier alpha value is -1.41. The van der Waals surface area contributed by atoms with Gasteiger partial charge in [-0.3, -0.25) is 4.79 Å². The Morgan fingerprint density at radius 2 is 1.47 bits per heavy atom. The first-order valence-corrected chi connectivity index (χ1v) is 4.43. The van der Waals surface area contributed by atoms with Crippen molar-refractivity contribution >= 4 is 6.29 Å². The van der Waals surface area contributed by atoms with Gasteiger partial charge >= 0.3 is 33.9 Å². The molecule has 0 aromatic rings. The van der Waals surface area contributed by atoms with Crippen molar-refractivity contribution in [2.75, 3.05) is 0 Å². The van der Waals surface area contributed by atoms with Crippen LogP contribution in [0.5, 0.6) is 0 Å². The minimum atomic E-state index is -0.529. The molecule has 0 bridgehead atoms. The van der Waals surface area contributed by atoms with Crippen molar-refractivity contribution in [2.24, 2.45) is 5.92 Å². The molecule has 0 heterocycles. The van der Waals surface area contributed by atoms with Gasteiger partial charge in [-0.2, -0.15) is 0 Å². The second-order valence-electron chi connectivity index (χ2n) is 2.49. The van der Waals surface area contributed by atoms with Gasteiger partial charge in [0.15, 0.2) is 0 Å². The SMILES string of the molecule is C=C[C@@H](C)[C@@H](O)/C=C/C=C/C=O.[C-]#[O+].[C-]#[O+].[C-]#[O+].[Fe].